The second kappa shape index (κ2) is 9.66. The van der Waals surface area contributed by atoms with Crippen LogP contribution in [0.2, 0.25) is 0 Å². The van der Waals surface area contributed by atoms with Crippen molar-refractivity contribution in [1.82, 2.24) is 9.80 Å². The summed E-state index contributed by atoms with van der Waals surface area (Å²) in [6, 6.07) is 8.80. The smallest absolute Gasteiger partial charge is 0.256 e. The fourth-order valence-corrected chi connectivity index (χ4v) is 5.25. The number of rotatable bonds is 6. The van der Waals surface area contributed by atoms with E-state index >= 15 is 0 Å². The first kappa shape index (κ1) is 22.2. The number of thiophene rings is 1. The number of morpholine rings is 1. The average Bonchev–Trinajstić information content (AvgIpc) is 3.31. The Labute approximate surface area is 187 Å². The quantitative estimate of drug-likeness (QED) is 0.691. The van der Waals surface area contributed by atoms with Gasteiger partial charge in [0.15, 0.2) is 0 Å². The van der Waals surface area contributed by atoms with Crippen LogP contribution in [0.4, 0.5) is 5.69 Å². The Balaban J connectivity index is 1.47. The number of hydrogen-bond acceptors (Lipinski definition) is 7. The first-order chi connectivity index (χ1) is 14.9. The fourth-order valence-electron chi connectivity index (χ4n) is 4.01. The highest BCUT2D eigenvalue weighted by atomic mass is 32.2. The summed E-state index contributed by atoms with van der Waals surface area (Å²) in [5, 5.41) is 7.42. The number of amides is 1. The molecule has 2 saturated heterocycles. The van der Waals surface area contributed by atoms with Gasteiger partial charge in [-0.3, -0.25) is 9.69 Å². The van der Waals surface area contributed by atoms with Crippen molar-refractivity contribution in [1.29, 1.82) is 0 Å². The van der Waals surface area contributed by atoms with Crippen molar-refractivity contribution in [3.63, 3.8) is 0 Å². The van der Waals surface area contributed by atoms with Crippen molar-refractivity contribution in [2.75, 3.05) is 63.9 Å². The zero-order valence-corrected chi connectivity index (χ0v) is 19.0. The minimum absolute atomic E-state index is 0.0394. The normalized spacial score (nSPS) is 18.4. The number of carbonyl (C=O) groups excluding carboxylic acids is 1. The van der Waals surface area contributed by atoms with Crippen molar-refractivity contribution in [2.45, 2.75) is 11.3 Å². The van der Waals surface area contributed by atoms with Crippen LogP contribution in [0.25, 0.3) is 0 Å². The number of piperazine rings is 1. The molecule has 2 aromatic rings. The van der Waals surface area contributed by atoms with E-state index in [1.165, 1.54) is 17.0 Å². The van der Waals surface area contributed by atoms with Gasteiger partial charge in [-0.1, -0.05) is 6.07 Å². The van der Waals surface area contributed by atoms with E-state index in [0.29, 0.717) is 45.0 Å². The predicted octanol–water partition coefficient (Wildman–Crippen LogP) is 1.23. The zero-order chi connectivity index (χ0) is 21.8. The van der Waals surface area contributed by atoms with Crippen LogP contribution in [0, 0.1) is 0 Å². The van der Waals surface area contributed by atoms with E-state index in [0.717, 1.165) is 31.7 Å². The molecule has 10 heteroatoms. The molecule has 0 unspecified atom stereocenters. The summed E-state index contributed by atoms with van der Waals surface area (Å²) in [6.07, 6.45) is 1.02. The van der Waals surface area contributed by atoms with Gasteiger partial charge < -0.3 is 14.5 Å². The molecule has 168 valence electrons. The number of sulfonamides is 1. The molecule has 0 radical (unpaired) electrons. The molecule has 0 spiro atoms. The molecule has 0 atom stereocenters. The topological polar surface area (TPSA) is 96.2 Å². The second-order valence-corrected chi connectivity index (χ2v) is 10.4. The lowest BCUT2D eigenvalue weighted by Gasteiger charge is -2.36. The highest BCUT2D eigenvalue weighted by Crippen LogP contribution is 2.26. The summed E-state index contributed by atoms with van der Waals surface area (Å²) in [5.74, 6) is -0.148. The van der Waals surface area contributed by atoms with Gasteiger partial charge in [-0.2, -0.15) is 0 Å². The van der Waals surface area contributed by atoms with E-state index in [1.807, 2.05) is 4.90 Å². The molecule has 31 heavy (non-hydrogen) atoms. The van der Waals surface area contributed by atoms with Crippen LogP contribution in [0.1, 0.15) is 15.2 Å². The zero-order valence-electron chi connectivity index (χ0n) is 17.4. The van der Waals surface area contributed by atoms with E-state index in [-0.39, 0.29) is 10.8 Å². The van der Waals surface area contributed by atoms with Gasteiger partial charge in [-0.15, -0.1) is 11.3 Å². The molecule has 1 aromatic heterocycles. The maximum absolute atomic E-state index is 13.4. The highest BCUT2D eigenvalue weighted by Gasteiger charge is 2.27. The van der Waals surface area contributed by atoms with Gasteiger partial charge in [-0.25, -0.2) is 13.6 Å². The Morgan fingerprint density at radius 1 is 1.06 bits per heavy atom. The summed E-state index contributed by atoms with van der Waals surface area (Å²) in [6.45, 7) is 6.29. The van der Waals surface area contributed by atoms with E-state index in [1.54, 1.807) is 17.4 Å². The molecule has 1 aromatic carbocycles. The number of nitrogens with zero attached hydrogens (tertiary/aromatic N) is 3. The summed E-state index contributed by atoms with van der Waals surface area (Å²) in [7, 11) is -3.90. The molecule has 3 heterocycles. The Morgan fingerprint density at radius 3 is 2.45 bits per heavy atom. The van der Waals surface area contributed by atoms with Gasteiger partial charge in [0.2, 0.25) is 10.0 Å². The molecule has 0 bridgehead atoms. The third-order valence-corrected chi connectivity index (χ3v) is 7.64. The SMILES string of the molecule is NS(=O)(=O)c1ccc(N2CCOCC2)c(C(=O)N2CCN(CCc3cccs3)CC2)c1. The first-order valence-electron chi connectivity index (χ1n) is 10.5. The number of carbonyl (C=O) groups is 1. The van der Waals surface area contributed by atoms with Gasteiger partial charge in [0.05, 0.1) is 23.7 Å². The Morgan fingerprint density at radius 2 is 1.81 bits per heavy atom. The molecule has 8 nitrogen and oxygen atoms in total. The highest BCUT2D eigenvalue weighted by molar-refractivity contribution is 7.89. The molecule has 2 aliphatic heterocycles. The monoisotopic (exact) mass is 464 g/mol. The van der Waals surface area contributed by atoms with Gasteiger partial charge in [0, 0.05) is 56.4 Å². The van der Waals surface area contributed by atoms with Crippen LogP contribution in [0.15, 0.2) is 40.6 Å². The van der Waals surface area contributed by atoms with Crippen molar-refractivity contribution >= 4 is 33.0 Å². The van der Waals surface area contributed by atoms with Crippen molar-refractivity contribution in [3.05, 3.63) is 46.2 Å². The van der Waals surface area contributed by atoms with Gasteiger partial charge in [0.25, 0.3) is 5.91 Å². The van der Waals surface area contributed by atoms with Crippen LogP contribution in [0.5, 0.6) is 0 Å². The largest absolute Gasteiger partial charge is 0.378 e. The minimum Gasteiger partial charge on any atom is -0.378 e. The van der Waals surface area contributed by atoms with Gasteiger partial charge >= 0.3 is 0 Å². The van der Waals surface area contributed by atoms with E-state index in [9.17, 15) is 13.2 Å². The lowest BCUT2D eigenvalue weighted by Crippen LogP contribution is -2.49. The summed E-state index contributed by atoms with van der Waals surface area (Å²) < 4.78 is 29.2. The molecule has 0 saturated carbocycles. The van der Waals surface area contributed by atoms with Crippen LogP contribution in [-0.2, 0) is 21.2 Å². The molecule has 2 fully saturated rings. The molecule has 2 N–H and O–H groups in total. The third-order valence-electron chi connectivity index (χ3n) is 5.79. The molecule has 1 amide bonds. The van der Waals surface area contributed by atoms with E-state index in [4.69, 9.17) is 9.88 Å². The molecule has 0 aliphatic carbocycles. The lowest BCUT2D eigenvalue weighted by atomic mass is 10.1. The van der Waals surface area contributed by atoms with E-state index < -0.39 is 10.0 Å². The maximum Gasteiger partial charge on any atom is 0.256 e. The van der Waals surface area contributed by atoms with Gasteiger partial charge in [0.1, 0.15) is 0 Å². The lowest BCUT2D eigenvalue weighted by molar-refractivity contribution is 0.0638. The van der Waals surface area contributed by atoms with Crippen LogP contribution < -0.4 is 10.0 Å². The number of nitrogens with two attached hydrogens (primary N) is 1. The van der Waals surface area contributed by atoms with Crippen molar-refractivity contribution < 1.29 is 17.9 Å². The number of primary sulfonamides is 1. The molecule has 2 aliphatic rings. The molecular weight excluding hydrogens is 436 g/mol. The van der Waals surface area contributed by atoms with Crippen LogP contribution in [0.3, 0.4) is 0 Å². The van der Waals surface area contributed by atoms with Crippen LogP contribution >= 0.6 is 11.3 Å². The summed E-state index contributed by atoms with van der Waals surface area (Å²) in [4.78, 5) is 21.0. The predicted molar refractivity (Wildman–Crippen MR) is 121 cm³/mol. The summed E-state index contributed by atoms with van der Waals surface area (Å²) >= 11 is 1.77. The summed E-state index contributed by atoms with van der Waals surface area (Å²) in [5.41, 5.74) is 1.13. The number of ether oxygens (including phenoxy) is 1. The van der Waals surface area contributed by atoms with E-state index in [2.05, 4.69) is 27.3 Å². The van der Waals surface area contributed by atoms with Crippen molar-refractivity contribution in [3.8, 4) is 0 Å². The molecular formula is C21H28N4O4S2. The number of hydrogen-bond donors (Lipinski definition) is 1. The first-order valence-corrected chi connectivity index (χ1v) is 12.9. The minimum atomic E-state index is -3.90. The Kier molecular flexibility index (Phi) is 6.92. The Bertz CT molecular complexity index is 996. The maximum atomic E-state index is 13.4. The van der Waals surface area contributed by atoms with Crippen LogP contribution in [-0.4, -0.2) is 83.2 Å². The standard InChI is InChI=1S/C21H28N4O4S2/c22-31(27,28)18-3-4-20(24-11-13-29-14-12-24)19(16-18)21(26)25-9-7-23(8-10-25)6-5-17-2-1-15-30-17/h1-4,15-16H,5-14H2,(H2,22,27,28). The average molecular weight is 465 g/mol. The Hall–Kier alpha value is -1.98. The molecule has 4 rings (SSSR count). The van der Waals surface area contributed by atoms with Gasteiger partial charge in [-0.05, 0) is 36.1 Å². The third kappa shape index (κ3) is 5.45. The second-order valence-electron chi connectivity index (χ2n) is 7.79. The van der Waals surface area contributed by atoms with Crippen molar-refractivity contribution in [2.24, 2.45) is 5.14 Å². The number of benzene rings is 1. The fraction of sp³-hybridized carbons (Fsp3) is 0.476. The number of anilines is 1.